The molecule has 1 saturated heterocycles. The van der Waals surface area contributed by atoms with Gasteiger partial charge in [-0.05, 0) is 31.0 Å². The van der Waals surface area contributed by atoms with E-state index in [1.165, 1.54) is 6.07 Å². The zero-order valence-electron chi connectivity index (χ0n) is 14.0. The number of amides is 1. The number of benzene rings is 1. The van der Waals surface area contributed by atoms with E-state index in [4.69, 9.17) is 28.9 Å². The van der Waals surface area contributed by atoms with Crippen LogP contribution in [-0.2, 0) is 0 Å². The minimum absolute atomic E-state index is 0.140. The Bertz CT molecular complexity index is 978. The number of carbonyl (C=O) groups excluding carboxylic acids is 1. The molecule has 1 amide bonds. The average Bonchev–Trinajstić information content (AvgIpc) is 2.96. The van der Waals surface area contributed by atoms with Gasteiger partial charge in [0.2, 0.25) is 0 Å². The first-order valence-electron chi connectivity index (χ1n) is 8.54. The molecule has 5 nitrogen and oxygen atoms in total. The van der Waals surface area contributed by atoms with Crippen LogP contribution in [0.4, 0.5) is 0 Å². The predicted octanol–water partition coefficient (Wildman–Crippen LogP) is 4.03. The molecule has 3 heterocycles. The van der Waals surface area contributed by atoms with E-state index >= 15 is 0 Å². The van der Waals surface area contributed by atoms with Gasteiger partial charge in [0.05, 0.1) is 21.1 Å². The van der Waals surface area contributed by atoms with Crippen molar-refractivity contribution < 1.29 is 4.79 Å². The Labute approximate surface area is 161 Å². The molecule has 4 rings (SSSR count). The third-order valence-electron chi connectivity index (χ3n) is 4.78. The molecular formula is C19H18Cl2N4O. The van der Waals surface area contributed by atoms with Crippen LogP contribution in [0.1, 0.15) is 29.4 Å². The van der Waals surface area contributed by atoms with Gasteiger partial charge >= 0.3 is 0 Å². The Kier molecular flexibility index (Phi) is 4.61. The molecule has 0 aliphatic carbocycles. The number of piperidine rings is 1. The molecule has 134 valence electrons. The molecule has 0 saturated carbocycles. The first kappa shape index (κ1) is 17.3. The van der Waals surface area contributed by atoms with E-state index in [1.54, 1.807) is 0 Å². The molecule has 0 spiro atoms. The van der Waals surface area contributed by atoms with Gasteiger partial charge < -0.3 is 15.6 Å². The summed E-state index contributed by atoms with van der Waals surface area (Å²) in [6, 6.07) is 11.6. The lowest BCUT2D eigenvalue weighted by Crippen LogP contribution is -2.32. The zero-order chi connectivity index (χ0) is 18.3. The highest BCUT2D eigenvalue weighted by Gasteiger charge is 2.27. The van der Waals surface area contributed by atoms with Gasteiger partial charge in [0.1, 0.15) is 11.3 Å². The molecule has 2 aromatic heterocycles. The highest BCUT2D eigenvalue weighted by molar-refractivity contribution is 6.44. The average molecular weight is 389 g/mol. The molecular weight excluding hydrogens is 371 g/mol. The molecule has 1 atom stereocenters. The summed E-state index contributed by atoms with van der Waals surface area (Å²) in [5, 5.41) is 5.01. The van der Waals surface area contributed by atoms with E-state index in [-0.39, 0.29) is 11.7 Å². The fourth-order valence-corrected chi connectivity index (χ4v) is 4.32. The van der Waals surface area contributed by atoms with Crippen molar-refractivity contribution in [2.75, 3.05) is 13.1 Å². The second-order valence-corrected chi connectivity index (χ2v) is 7.24. The van der Waals surface area contributed by atoms with Crippen LogP contribution in [0.3, 0.4) is 0 Å². The van der Waals surface area contributed by atoms with Gasteiger partial charge in [-0.1, -0.05) is 53.5 Å². The Morgan fingerprint density at radius 2 is 2.04 bits per heavy atom. The van der Waals surface area contributed by atoms with Gasteiger partial charge in [0, 0.05) is 12.6 Å². The Morgan fingerprint density at radius 1 is 1.27 bits per heavy atom. The van der Waals surface area contributed by atoms with E-state index in [0.29, 0.717) is 21.1 Å². The monoisotopic (exact) mass is 388 g/mol. The van der Waals surface area contributed by atoms with E-state index in [0.717, 1.165) is 37.2 Å². The number of primary amides is 1. The maximum absolute atomic E-state index is 11.7. The standard InChI is InChI=1S/C19H18Cl2N4O/c20-13-9-14(18(22)26)24-19-15(13)16(21)17(11-5-2-1-3-6-11)25(19)12-7-4-8-23-10-12/h1-3,5-6,9,12,23H,4,7-8,10H2,(H2,22,26). The quantitative estimate of drug-likeness (QED) is 0.710. The van der Waals surface area contributed by atoms with E-state index in [1.807, 2.05) is 30.3 Å². The van der Waals surface area contributed by atoms with Crippen LogP contribution in [0.25, 0.3) is 22.3 Å². The minimum atomic E-state index is -0.610. The summed E-state index contributed by atoms with van der Waals surface area (Å²) in [6.45, 7) is 1.80. The van der Waals surface area contributed by atoms with Crippen molar-refractivity contribution >= 4 is 40.1 Å². The maximum Gasteiger partial charge on any atom is 0.267 e. The molecule has 0 radical (unpaired) electrons. The number of aromatic nitrogens is 2. The molecule has 7 heteroatoms. The summed E-state index contributed by atoms with van der Waals surface area (Å²) in [6.07, 6.45) is 2.05. The molecule has 0 bridgehead atoms. The fraction of sp³-hybridized carbons (Fsp3) is 0.263. The van der Waals surface area contributed by atoms with Gasteiger partial charge in [0.15, 0.2) is 0 Å². The molecule has 1 aromatic carbocycles. The topological polar surface area (TPSA) is 72.9 Å². The van der Waals surface area contributed by atoms with E-state index in [9.17, 15) is 4.79 Å². The lowest BCUT2D eigenvalue weighted by Gasteiger charge is -2.27. The molecule has 1 unspecified atom stereocenters. The van der Waals surface area contributed by atoms with Gasteiger partial charge in [-0.2, -0.15) is 0 Å². The third kappa shape index (κ3) is 2.86. The second-order valence-electron chi connectivity index (χ2n) is 6.45. The second kappa shape index (κ2) is 6.91. The minimum Gasteiger partial charge on any atom is -0.364 e. The molecule has 1 aliphatic heterocycles. The molecule has 3 N–H and O–H groups in total. The summed E-state index contributed by atoms with van der Waals surface area (Å²) in [4.78, 5) is 16.2. The van der Waals surface area contributed by atoms with Gasteiger partial charge in [-0.3, -0.25) is 4.79 Å². The number of hydrogen-bond acceptors (Lipinski definition) is 3. The van der Waals surface area contributed by atoms with Crippen LogP contribution < -0.4 is 11.1 Å². The van der Waals surface area contributed by atoms with Gasteiger partial charge in [-0.25, -0.2) is 4.98 Å². The van der Waals surface area contributed by atoms with Gasteiger partial charge in [0.25, 0.3) is 5.91 Å². The summed E-state index contributed by atoms with van der Waals surface area (Å²) < 4.78 is 2.11. The predicted molar refractivity (Wildman–Crippen MR) is 105 cm³/mol. The summed E-state index contributed by atoms with van der Waals surface area (Å²) in [7, 11) is 0. The van der Waals surface area contributed by atoms with Crippen LogP contribution in [0.5, 0.6) is 0 Å². The fourth-order valence-electron chi connectivity index (χ4n) is 3.61. The number of nitrogens with two attached hydrogens (primary N) is 1. The number of fused-ring (bicyclic) bond motifs is 1. The first-order chi connectivity index (χ1) is 12.6. The van der Waals surface area contributed by atoms with Crippen molar-refractivity contribution in [3.05, 3.63) is 52.1 Å². The maximum atomic E-state index is 11.7. The zero-order valence-corrected chi connectivity index (χ0v) is 15.5. The summed E-state index contributed by atoms with van der Waals surface area (Å²) in [5.41, 5.74) is 8.04. The lowest BCUT2D eigenvalue weighted by atomic mass is 10.1. The number of rotatable bonds is 3. The van der Waals surface area contributed by atoms with Crippen LogP contribution in [0.15, 0.2) is 36.4 Å². The largest absolute Gasteiger partial charge is 0.364 e. The number of carbonyl (C=O) groups is 1. The van der Waals surface area contributed by atoms with Crippen LogP contribution in [-0.4, -0.2) is 28.5 Å². The number of halogens is 2. The number of hydrogen-bond donors (Lipinski definition) is 2. The smallest absolute Gasteiger partial charge is 0.267 e. The van der Waals surface area contributed by atoms with Crippen LogP contribution in [0.2, 0.25) is 10.0 Å². The SMILES string of the molecule is NC(=O)c1cc(Cl)c2c(Cl)c(-c3ccccc3)n(C3CCCNC3)c2n1. The summed E-state index contributed by atoms with van der Waals surface area (Å²) in [5.74, 6) is -0.610. The summed E-state index contributed by atoms with van der Waals surface area (Å²) >= 11 is 13.2. The van der Waals surface area contributed by atoms with Crippen LogP contribution >= 0.6 is 23.2 Å². The van der Waals surface area contributed by atoms with Crippen molar-refractivity contribution in [3.63, 3.8) is 0 Å². The molecule has 26 heavy (non-hydrogen) atoms. The first-order valence-corrected chi connectivity index (χ1v) is 9.29. The van der Waals surface area contributed by atoms with Crippen LogP contribution in [0, 0.1) is 0 Å². The van der Waals surface area contributed by atoms with Crippen molar-refractivity contribution in [1.82, 2.24) is 14.9 Å². The molecule has 3 aromatic rings. The Hall–Kier alpha value is -2.08. The van der Waals surface area contributed by atoms with Crippen molar-refractivity contribution in [1.29, 1.82) is 0 Å². The van der Waals surface area contributed by atoms with E-state index < -0.39 is 5.91 Å². The lowest BCUT2D eigenvalue weighted by molar-refractivity contribution is 0.0996. The highest BCUT2D eigenvalue weighted by Crippen LogP contribution is 2.43. The van der Waals surface area contributed by atoms with Crippen molar-refractivity contribution in [2.45, 2.75) is 18.9 Å². The van der Waals surface area contributed by atoms with E-state index in [2.05, 4.69) is 14.9 Å². The highest BCUT2D eigenvalue weighted by atomic mass is 35.5. The third-order valence-corrected chi connectivity index (χ3v) is 5.45. The van der Waals surface area contributed by atoms with Gasteiger partial charge in [-0.15, -0.1) is 0 Å². The normalized spacial score (nSPS) is 17.5. The number of nitrogens with zero attached hydrogens (tertiary/aromatic N) is 2. The molecule has 1 aliphatic rings. The Balaban J connectivity index is 2.06. The molecule has 1 fully saturated rings. The van der Waals surface area contributed by atoms with Crippen molar-refractivity contribution in [3.8, 4) is 11.3 Å². The number of pyridine rings is 1. The number of nitrogens with one attached hydrogen (secondary N) is 1. The van der Waals surface area contributed by atoms with Crippen molar-refractivity contribution in [2.24, 2.45) is 5.73 Å². The Morgan fingerprint density at radius 3 is 2.69 bits per heavy atom.